The zero-order chi connectivity index (χ0) is 21.5. The fourth-order valence-electron chi connectivity index (χ4n) is 4.12. The maximum absolute atomic E-state index is 12.4. The van der Waals surface area contributed by atoms with Gasteiger partial charge in [0.05, 0.1) is 7.11 Å². The molecule has 0 aliphatic carbocycles. The molecule has 1 N–H and O–H groups in total. The first-order valence-corrected chi connectivity index (χ1v) is 11.0. The molecule has 0 saturated carbocycles. The minimum absolute atomic E-state index is 0.00129. The third-order valence-electron chi connectivity index (χ3n) is 5.95. The Kier molecular flexibility index (Phi) is 7.00. The van der Waals surface area contributed by atoms with Crippen LogP contribution in [-0.2, 0) is 13.0 Å². The van der Waals surface area contributed by atoms with E-state index in [1.54, 1.807) is 7.11 Å². The van der Waals surface area contributed by atoms with Crippen molar-refractivity contribution >= 4 is 5.91 Å². The lowest BCUT2D eigenvalue weighted by Crippen LogP contribution is -2.32. The smallest absolute Gasteiger partial charge is 0.251 e. The molecule has 1 heterocycles. The van der Waals surface area contributed by atoms with E-state index in [2.05, 4.69) is 34.5 Å². The Morgan fingerprint density at radius 3 is 2.48 bits per heavy atom. The van der Waals surface area contributed by atoms with Gasteiger partial charge >= 0.3 is 0 Å². The van der Waals surface area contributed by atoms with Crippen molar-refractivity contribution in [3.05, 3.63) is 89.5 Å². The van der Waals surface area contributed by atoms with Gasteiger partial charge in [0.2, 0.25) is 0 Å². The van der Waals surface area contributed by atoms with Crippen LogP contribution in [0, 0.1) is 0 Å². The second kappa shape index (κ2) is 10.3. The number of benzene rings is 3. The van der Waals surface area contributed by atoms with Gasteiger partial charge in [0.25, 0.3) is 5.91 Å². The predicted octanol–water partition coefficient (Wildman–Crippen LogP) is 4.93. The zero-order valence-corrected chi connectivity index (χ0v) is 18.1. The Hall–Kier alpha value is -3.11. The molecule has 1 amide bonds. The number of amides is 1. The van der Waals surface area contributed by atoms with Crippen molar-refractivity contribution in [3.63, 3.8) is 0 Å². The van der Waals surface area contributed by atoms with Gasteiger partial charge in [-0.2, -0.15) is 0 Å². The molecule has 1 aliphatic heterocycles. The molecule has 0 spiro atoms. The molecule has 3 aromatic carbocycles. The third kappa shape index (κ3) is 5.53. The molecular weight excluding hydrogens is 384 g/mol. The summed E-state index contributed by atoms with van der Waals surface area (Å²) in [5.41, 5.74) is 5.80. The summed E-state index contributed by atoms with van der Waals surface area (Å²) in [7, 11) is 1.72. The third-order valence-corrected chi connectivity index (χ3v) is 5.95. The number of carbonyl (C=O) groups excluding carboxylic acids is 1. The van der Waals surface area contributed by atoms with Crippen LogP contribution in [-0.4, -0.2) is 37.6 Å². The van der Waals surface area contributed by atoms with Crippen molar-refractivity contribution in [3.8, 4) is 16.9 Å². The zero-order valence-electron chi connectivity index (χ0n) is 18.1. The number of methoxy groups -OCH3 is 1. The van der Waals surface area contributed by atoms with Crippen LogP contribution < -0.4 is 10.1 Å². The number of ether oxygens (including phenoxy) is 1. The van der Waals surface area contributed by atoms with Crippen molar-refractivity contribution in [2.75, 3.05) is 26.7 Å². The van der Waals surface area contributed by atoms with Crippen molar-refractivity contribution in [2.24, 2.45) is 0 Å². The lowest BCUT2D eigenvalue weighted by atomic mass is 9.99. The lowest BCUT2D eigenvalue weighted by molar-refractivity contribution is 0.0952. The molecule has 0 bridgehead atoms. The molecule has 160 valence electrons. The highest BCUT2D eigenvalue weighted by Crippen LogP contribution is 2.24. The number of carbonyl (C=O) groups is 1. The van der Waals surface area contributed by atoms with Gasteiger partial charge in [-0.05, 0) is 72.3 Å². The van der Waals surface area contributed by atoms with Crippen LogP contribution in [0.5, 0.6) is 5.75 Å². The molecule has 1 aliphatic rings. The summed E-state index contributed by atoms with van der Waals surface area (Å²) in [4.78, 5) is 14.9. The number of hydrogen-bond acceptors (Lipinski definition) is 3. The minimum Gasteiger partial charge on any atom is -0.497 e. The molecule has 0 fully saturated rings. The minimum atomic E-state index is -0.00129. The van der Waals surface area contributed by atoms with Crippen LogP contribution >= 0.6 is 0 Å². The number of nitrogens with one attached hydrogen (secondary N) is 1. The van der Waals surface area contributed by atoms with E-state index >= 15 is 0 Å². The fourth-order valence-corrected chi connectivity index (χ4v) is 4.12. The van der Waals surface area contributed by atoms with Crippen LogP contribution in [0.25, 0.3) is 11.1 Å². The molecule has 0 unspecified atom stereocenters. The largest absolute Gasteiger partial charge is 0.497 e. The molecule has 4 heteroatoms. The molecule has 4 rings (SSSR count). The van der Waals surface area contributed by atoms with E-state index < -0.39 is 0 Å². The first kappa shape index (κ1) is 21.1. The van der Waals surface area contributed by atoms with Crippen molar-refractivity contribution in [1.29, 1.82) is 0 Å². The second-order valence-electron chi connectivity index (χ2n) is 8.07. The average Bonchev–Trinajstić information content (AvgIpc) is 2.84. The molecule has 0 aromatic heterocycles. The van der Waals surface area contributed by atoms with E-state index in [0.29, 0.717) is 12.1 Å². The van der Waals surface area contributed by atoms with E-state index in [9.17, 15) is 4.79 Å². The molecule has 0 atom stereocenters. The molecule has 4 nitrogen and oxygen atoms in total. The van der Waals surface area contributed by atoms with Gasteiger partial charge in [-0.3, -0.25) is 9.69 Å². The summed E-state index contributed by atoms with van der Waals surface area (Å²) >= 11 is 0. The van der Waals surface area contributed by atoms with Gasteiger partial charge in [-0.15, -0.1) is 0 Å². The quantitative estimate of drug-likeness (QED) is 0.532. The summed E-state index contributed by atoms with van der Waals surface area (Å²) in [6.07, 6.45) is 3.15. The topological polar surface area (TPSA) is 41.6 Å². The number of unbranched alkanes of at least 4 members (excludes halogenated alkanes) is 1. The fraction of sp³-hybridized carbons (Fsp3) is 0.296. The van der Waals surface area contributed by atoms with Crippen LogP contribution in [0.4, 0.5) is 0 Å². The molecule has 31 heavy (non-hydrogen) atoms. The standard InChI is InChI=1S/C27H30N2O2/c1-31-26-14-13-23-15-18-29(20-25(23)19-26)17-6-5-16-28-27(30)24-11-9-22(10-12-24)21-7-3-2-4-8-21/h2-4,7-14,19H,5-6,15-18,20H2,1H3,(H,28,30). The van der Waals surface area contributed by atoms with E-state index in [4.69, 9.17) is 4.74 Å². The Balaban J connectivity index is 1.18. The van der Waals surface area contributed by atoms with Gasteiger partial charge in [0, 0.05) is 25.2 Å². The molecule has 0 saturated heterocycles. The maximum atomic E-state index is 12.4. The number of fused-ring (bicyclic) bond motifs is 1. The maximum Gasteiger partial charge on any atom is 0.251 e. The van der Waals surface area contributed by atoms with E-state index in [0.717, 1.165) is 55.8 Å². The summed E-state index contributed by atoms with van der Waals surface area (Å²) < 4.78 is 5.36. The van der Waals surface area contributed by atoms with Crippen molar-refractivity contribution in [1.82, 2.24) is 10.2 Å². The van der Waals surface area contributed by atoms with Gasteiger partial charge in [-0.1, -0.05) is 48.5 Å². The van der Waals surface area contributed by atoms with E-state index in [1.165, 1.54) is 11.1 Å². The highest BCUT2D eigenvalue weighted by Gasteiger charge is 2.16. The SMILES string of the molecule is COc1ccc2c(c1)CN(CCCCNC(=O)c1ccc(-c3ccccc3)cc1)CC2. The van der Waals surface area contributed by atoms with Gasteiger partial charge in [-0.25, -0.2) is 0 Å². The summed E-state index contributed by atoms with van der Waals surface area (Å²) in [6, 6.07) is 24.4. The summed E-state index contributed by atoms with van der Waals surface area (Å²) in [5.74, 6) is 0.929. The van der Waals surface area contributed by atoms with Gasteiger partial charge in [0.1, 0.15) is 5.75 Å². The lowest BCUT2D eigenvalue weighted by Gasteiger charge is -2.29. The normalized spacial score (nSPS) is 13.5. The number of nitrogens with zero attached hydrogens (tertiary/aromatic N) is 1. The highest BCUT2D eigenvalue weighted by molar-refractivity contribution is 5.94. The van der Waals surface area contributed by atoms with E-state index in [-0.39, 0.29) is 5.91 Å². The number of rotatable bonds is 8. The van der Waals surface area contributed by atoms with Crippen molar-refractivity contribution in [2.45, 2.75) is 25.8 Å². The second-order valence-corrected chi connectivity index (χ2v) is 8.07. The monoisotopic (exact) mass is 414 g/mol. The van der Waals surface area contributed by atoms with Crippen molar-refractivity contribution < 1.29 is 9.53 Å². The Morgan fingerprint density at radius 1 is 0.935 bits per heavy atom. The van der Waals surface area contributed by atoms with Crippen LogP contribution in [0.15, 0.2) is 72.8 Å². The van der Waals surface area contributed by atoms with Crippen LogP contribution in [0.3, 0.4) is 0 Å². The van der Waals surface area contributed by atoms with Gasteiger partial charge in [0.15, 0.2) is 0 Å². The molecule has 3 aromatic rings. The average molecular weight is 415 g/mol. The first-order chi connectivity index (χ1) is 15.2. The number of hydrogen-bond donors (Lipinski definition) is 1. The summed E-state index contributed by atoms with van der Waals surface area (Å²) in [5, 5.41) is 3.05. The van der Waals surface area contributed by atoms with E-state index in [1.807, 2.05) is 48.5 Å². The first-order valence-electron chi connectivity index (χ1n) is 11.0. The predicted molar refractivity (Wildman–Crippen MR) is 125 cm³/mol. The van der Waals surface area contributed by atoms with Crippen LogP contribution in [0.1, 0.15) is 34.3 Å². The van der Waals surface area contributed by atoms with Gasteiger partial charge < -0.3 is 10.1 Å². The molecular formula is C27H30N2O2. The van der Waals surface area contributed by atoms with Crippen LogP contribution in [0.2, 0.25) is 0 Å². The Morgan fingerprint density at radius 2 is 1.71 bits per heavy atom. The highest BCUT2D eigenvalue weighted by atomic mass is 16.5. The Labute approximate surface area is 184 Å². The Bertz CT molecular complexity index is 1000. The summed E-state index contributed by atoms with van der Waals surface area (Å²) in [6.45, 7) is 3.84. The molecule has 0 radical (unpaired) electrons.